The minimum Gasteiger partial charge on any atom is -0.382 e. The first-order chi connectivity index (χ1) is 7.33. The molecule has 5 N–H and O–H groups in total. The number of amides is 2. The molecular weight excluding hydrogens is 210 g/mol. The predicted octanol–water partition coefficient (Wildman–Crippen LogP) is -0.947. The Kier molecular flexibility index (Phi) is 3.07. The number of carbonyl (C=O) groups excluding carboxylic acids is 2. The van der Waals surface area contributed by atoms with Gasteiger partial charge in [0.15, 0.2) is 0 Å². The Bertz CT molecular complexity index is 430. The number of hydrogen-bond donors (Lipinski definition) is 3. The SMILES string of the molecule is CC(C)(NC(=O)c1cncc(N)n1)C(N)=O. The van der Waals surface area contributed by atoms with Gasteiger partial charge in [-0.25, -0.2) is 4.98 Å². The summed E-state index contributed by atoms with van der Waals surface area (Å²) in [7, 11) is 0. The number of nitrogen functional groups attached to an aromatic ring is 1. The van der Waals surface area contributed by atoms with Gasteiger partial charge >= 0.3 is 0 Å². The molecule has 1 aromatic heterocycles. The molecule has 7 nitrogen and oxygen atoms in total. The molecule has 16 heavy (non-hydrogen) atoms. The van der Waals surface area contributed by atoms with E-state index in [1.165, 1.54) is 26.2 Å². The van der Waals surface area contributed by atoms with Gasteiger partial charge in [0.2, 0.25) is 5.91 Å². The lowest BCUT2D eigenvalue weighted by Crippen LogP contribution is -2.53. The van der Waals surface area contributed by atoms with Gasteiger partial charge in [-0.1, -0.05) is 0 Å². The predicted molar refractivity (Wildman–Crippen MR) is 57.2 cm³/mol. The summed E-state index contributed by atoms with van der Waals surface area (Å²) in [6.45, 7) is 2.99. The van der Waals surface area contributed by atoms with Crippen LogP contribution in [0.3, 0.4) is 0 Å². The van der Waals surface area contributed by atoms with Crippen molar-refractivity contribution in [3.63, 3.8) is 0 Å². The molecule has 0 saturated heterocycles. The van der Waals surface area contributed by atoms with E-state index in [2.05, 4.69) is 15.3 Å². The standard InChI is InChI=1S/C9H13N5O2/c1-9(2,8(11)16)14-7(15)5-3-12-4-6(10)13-5/h3-4H,1-2H3,(H2,10,13)(H2,11,16)(H,14,15). The first-order valence-electron chi connectivity index (χ1n) is 4.53. The van der Waals surface area contributed by atoms with E-state index in [9.17, 15) is 9.59 Å². The van der Waals surface area contributed by atoms with Crippen LogP contribution in [0.1, 0.15) is 24.3 Å². The zero-order chi connectivity index (χ0) is 12.3. The van der Waals surface area contributed by atoms with Gasteiger partial charge in [0.05, 0.1) is 12.4 Å². The average Bonchev–Trinajstić information content (AvgIpc) is 2.16. The van der Waals surface area contributed by atoms with E-state index in [0.29, 0.717) is 0 Å². The van der Waals surface area contributed by atoms with Crippen molar-refractivity contribution in [1.82, 2.24) is 15.3 Å². The highest BCUT2D eigenvalue weighted by molar-refractivity contribution is 5.97. The molecule has 0 spiro atoms. The van der Waals surface area contributed by atoms with Crippen LogP contribution in [0.4, 0.5) is 5.82 Å². The van der Waals surface area contributed by atoms with Crippen molar-refractivity contribution in [3.05, 3.63) is 18.1 Å². The molecule has 0 fully saturated rings. The van der Waals surface area contributed by atoms with Crippen LogP contribution < -0.4 is 16.8 Å². The fraction of sp³-hybridized carbons (Fsp3) is 0.333. The lowest BCUT2D eigenvalue weighted by Gasteiger charge is -2.21. The van der Waals surface area contributed by atoms with Gasteiger partial charge < -0.3 is 16.8 Å². The Morgan fingerprint density at radius 2 is 2.00 bits per heavy atom. The summed E-state index contributed by atoms with van der Waals surface area (Å²) in [4.78, 5) is 30.1. The molecule has 1 heterocycles. The van der Waals surface area contributed by atoms with E-state index in [4.69, 9.17) is 11.5 Å². The lowest BCUT2D eigenvalue weighted by molar-refractivity contribution is -0.122. The van der Waals surface area contributed by atoms with E-state index in [0.717, 1.165) is 0 Å². The first kappa shape index (κ1) is 11.9. The second-order valence-electron chi connectivity index (χ2n) is 3.77. The fourth-order valence-corrected chi connectivity index (χ4v) is 0.900. The maximum absolute atomic E-state index is 11.6. The molecular formula is C9H13N5O2. The number of hydrogen-bond acceptors (Lipinski definition) is 5. The maximum Gasteiger partial charge on any atom is 0.272 e. The van der Waals surface area contributed by atoms with Crippen molar-refractivity contribution in [2.45, 2.75) is 19.4 Å². The van der Waals surface area contributed by atoms with Crippen molar-refractivity contribution in [3.8, 4) is 0 Å². The van der Waals surface area contributed by atoms with Crippen LogP contribution in [-0.2, 0) is 4.79 Å². The maximum atomic E-state index is 11.6. The highest BCUT2D eigenvalue weighted by Gasteiger charge is 2.27. The second kappa shape index (κ2) is 4.13. The van der Waals surface area contributed by atoms with Crippen LogP contribution in [0.5, 0.6) is 0 Å². The zero-order valence-electron chi connectivity index (χ0n) is 9.02. The molecule has 86 valence electrons. The fourth-order valence-electron chi connectivity index (χ4n) is 0.900. The summed E-state index contributed by atoms with van der Waals surface area (Å²) < 4.78 is 0. The summed E-state index contributed by atoms with van der Waals surface area (Å²) >= 11 is 0. The van der Waals surface area contributed by atoms with Crippen molar-refractivity contribution in [2.75, 3.05) is 5.73 Å². The molecule has 1 rings (SSSR count). The highest BCUT2D eigenvalue weighted by atomic mass is 16.2. The molecule has 0 aliphatic carbocycles. The molecule has 0 unspecified atom stereocenters. The van der Waals surface area contributed by atoms with Gasteiger partial charge in [-0.2, -0.15) is 0 Å². The Labute approximate surface area is 92.2 Å². The number of nitrogens with two attached hydrogens (primary N) is 2. The van der Waals surface area contributed by atoms with Crippen LogP contribution in [-0.4, -0.2) is 27.3 Å². The quantitative estimate of drug-likeness (QED) is 0.609. The molecule has 0 aromatic carbocycles. The topological polar surface area (TPSA) is 124 Å². The van der Waals surface area contributed by atoms with Crippen molar-refractivity contribution in [2.24, 2.45) is 5.73 Å². The van der Waals surface area contributed by atoms with Crippen molar-refractivity contribution in [1.29, 1.82) is 0 Å². The van der Waals surface area contributed by atoms with E-state index < -0.39 is 17.4 Å². The van der Waals surface area contributed by atoms with Crippen molar-refractivity contribution >= 4 is 17.6 Å². The van der Waals surface area contributed by atoms with Crippen LogP contribution >= 0.6 is 0 Å². The van der Waals surface area contributed by atoms with Gasteiger partial charge in [0.1, 0.15) is 17.1 Å². The van der Waals surface area contributed by atoms with Crippen LogP contribution in [0.25, 0.3) is 0 Å². The molecule has 0 aliphatic rings. The number of anilines is 1. The summed E-state index contributed by atoms with van der Waals surface area (Å²) in [6, 6.07) is 0. The molecule has 1 aromatic rings. The molecule has 0 radical (unpaired) electrons. The smallest absolute Gasteiger partial charge is 0.272 e. The van der Waals surface area contributed by atoms with Crippen LogP contribution in [0.2, 0.25) is 0 Å². The lowest BCUT2D eigenvalue weighted by atomic mass is 10.1. The Balaban J connectivity index is 2.85. The van der Waals surface area contributed by atoms with Crippen molar-refractivity contribution < 1.29 is 9.59 Å². The van der Waals surface area contributed by atoms with Gasteiger partial charge in [0, 0.05) is 0 Å². The number of nitrogens with zero attached hydrogens (tertiary/aromatic N) is 2. The van der Waals surface area contributed by atoms with Gasteiger partial charge in [-0.05, 0) is 13.8 Å². The van der Waals surface area contributed by atoms with E-state index in [-0.39, 0.29) is 11.5 Å². The number of carbonyl (C=O) groups is 2. The molecule has 7 heteroatoms. The third-order valence-corrected chi connectivity index (χ3v) is 1.93. The molecule has 0 bridgehead atoms. The first-order valence-corrected chi connectivity index (χ1v) is 4.53. The summed E-state index contributed by atoms with van der Waals surface area (Å²) in [5.41, 5.74) is 9.37. The highest BCUT2D eigenvalue weighted by Crippen LogP contribution is 2.03. The third kappa shape index (κ3) is 2.66. The molecule has 0 aliphatic heterocycles. The Morgan fingerprint density at radius 3 is 2.50 bits per heavy atom. The van der Waals surface area contributed by atoms with Crippen LogP contribution in [0.15, 0.2) is 12.4 Å². The van der Waals surface area contributed by atoms with Crippen LogP contribution in [0, 0.1) is 0 Å². The summed E-state index contributed by atoms with van der Waals surface area (Å²) in [5, 5.41) is 2.43. The monoisotopic (exact) mass is 223 g/mol. The zero-order valence-corrected chi connectivity index (χ0v) is 9.02. The average molecular weight is 223 g/mol. The normalized spacial score (nSPS) is 10.9. The minimum atomic E-state index is -1.15. The number of primary amides is 1. The summed E-state index contributed by atoms with van der Waals surface area (Å²) in [6.07, 6.45) is 2.57. The van der Waals surface area contributed by atoms with Gasteiger partial charge in [0.25, 0.3) is 5.91 Å². The second-order valence-corrected chi connectivity index (χ2v) is 3.77. The number of rotatable bonds is 3. The Morgan fingerprint density at radius 1 is 1.38 bits per heavy atom. The molecule has 2 amide bonds. The van der Waals surface area contributed by atoms with Gasteiger partial charge in [-0.15, -0.1) is 0 Å². The molecule has 0 saturated carbocycles. The number of aromatic nitrogens is 2. The third-order valence-electron chi connectivity index (χ3n) is 1.93. The van der Waals surface area contributed by atoms with E-state index in [1.54, 1.807) is 0 Å². The number of nitrogens with one attached hydrogen (secondary N) is 1. The minimum absolute atomic E-state index is 0.0364. The largest absolute Gasteiger partial charge is 0.382 e. The summed E-state index contributed by atoms with van der Waals surface area (Å²) in [5.74, 6) is -1.06. The molecule has 0 atom stereocenters. The van der Waals surface area contributed by atoms with Gasteiger partial charge in [-0.3, -0.25) is 14.6 Å². The van der Waals surface area contributed by atoms with E-state index >= 15 is 0 Å². The van der Waals surface area contributed by atoms with E-state index in [1.807, 2.05) is 0 Å². The Hall–Kier alpha value is -2.18.